The molecule has 3 heteroatoms. The van der Waals surface area contributed by atoms with Crippen LogP contribution in [0.25, 0.3) is 0 Å². The van der Waals surface area contributed by atoms with E-state index >= 15 is 0 Å². The molecule has 0 bridgehead atoms. The molecule has 0 radical (unpaired) electrons. The summed E-state index contributed by atoms with van der Waals surface area (Å²) in [7, 11) is 0. The van der Waals surface area contributed by atoms with Crippen LogP contribution in [0.2, 0.25) is 0 Å². The van der Waals surface area contributed by atoms with Gasteiger partial charge in [0.25, 0.3) is 0 Å². The highest BCUT2D eigenvalue weighted by molar-refractivity contribution is 5.40. The second-order valence-corrected chi connectivity index (χ2v) is 6.90. The standard InChI is InChI=1S/C19H31N3/c1-2-3-12-21-15-8-9-18(21)17-10-11-19(20-16-17)22-13-6-4-5-7-14-22/h10-11,16,18H,2-9,12-15H2,1H3. The van der Waals surface area contributed by atoms with E-state index in [0.717, 1.165) is 0 Å². The highest BCUT2D eigenvalue weighted by Crippen LogP contribution is 2.32. The molecule has 3 heterocycles. The Hall–Kier alpha value is -1.09. The molecule has 2 aliphatic heterocycles. The Morgan fingerprint density at radius 3 is 2.55 bits per heavy atom. The predicted molar refractivity (Wildman–Crippen MR) is 93.4 cm³/mol. The van der Waals surface area contributed by atoms with Gasteiger partial charge in [-0.1, -0.05) is 32.3 Å². The first-order chi connectivity index (χ1) is 10.9. The first kappa shape index (κ1) is 15.8. The molecule has 22 heavy (non-hydrogen) atoms. The lowest BCUT2D eigenvalue weighted by atomic mass is 10.1. The molecule has 0 spiro atoms. The second-order valence-electron chi connectivity index (χ2n) is 6.90. The number of aromatic nitrogens is 1. The van der Waals surface area contributed by atoms with Crippen molar-refractivity contribution in [2.45, 2.75) is 64.3 Å². The van der Waals surface area contributed by atoms with Gasteiger partial charge in [0.05, 0.1) is 0 Å². The van der Waals surface area contributed by atoms with Crippen molar-refractivity contribution in [3.05, 3.63) is 23.9 Å². The van der Waals surface area contributed by atoms with Crippen LogP contribution in [0.15, 0.2) is 18.3 Å². The van der Waals surface area contributed by atoms with Crippen LogP contribution >= 0.6 is 0 Å². The van der Waals surface area contributed by atoms with E-state index < -0.39 is 0 Å². The second kappa shape index (κ2) is 7.96. The smallest absolute Gasteiger partial charge is 0.128 e. The molecule has 0 amide bonds. The predicted octanol–water partition coefficient (Wildman–Crippen LogP) is 4.40. The molecule has 2 saturated heterocycles. The third-order valence-electron chi connectivity index (χ3n) is 5.25. The SMILES string of the molecule is CCCCN1CCCC1c1ccc(N2CCCCCC2)nc1. The average molecular weight is 301 g/mol. The molecule has 3 nitrogen and oxygen atoms in total. The van der Waals surface area contributed by atoms with Crippen molar-refractivity contribution in [2.24, 2.45) is 0 Å². The van der Waals surface area contributed by atoms with Gasteiger partial charge in [-0.05, 0) is 56.8 Å². The molecule has 0 aromatic carbocycles. The lowest BCUT2D eigenvalue weighted by Crippen LogP contribution is -2.26. The Labute approximate surface area is 135 Å². The zero-order valence-electron chi connectivity index (χ0n) is 14.1. The van der Waals surface area contributed by atoms with E-state index in [2.05, 4.69) is 35.1 Å². The average Bonchev–Trinajstić information content (AvgIpc) is 2.85. The normalized spacial score (nSPS) is 23.7. The van der Waals surface area contributed by atoms with Crippen molar-refractivity contribution in [1.29, 1.82) is 0 Å². The Bertz CT molecular complexity index is 434. The highest BCUT2D eigenvalue weighted by atomic mass is 15.2. The fourth-order valence-electron chi connectivity index (χ4n) is 3.91. The van der Waals surface area contributed by atoms with Crippen molar-refractivity contribution in [3.8, 4) is 0 Å². The van der Waals surface area contributed by atoms with E-state index in [1.54, 1.807) is 0 Å². The minimum atomic E-state index is 0.609. The number of hydrogen-bond acceptors (Lipinski definition) is 3. The van der Waals surface area contributed by atoms with Crippen molar-refractivity contribution >= 4 is 5.82 Å². The van der Waals surface area contributed by atoms with Crippen LogP contribution in [-0.2, 0) is 0 Å². The van der Waals surface area contributed by atoms with Gasteiger partial charge in [-0.2, -0.15) is 0 Å². The van der Waals surface area contributed by atoms with Gasteiger partial charge in [-0.3, -0.25) is 4.90 Å². The van der Waals surface area contributed by atoms with Crippen LogP contribution in [0, 0.1) is 0 Å². The summed E-state index contributed by atoms with van der Waals surface area (Å²) in [5.41, 5.74) is 1.42. The maximum atomic E-state index is 4.80. The molecule has 0 saturated carbocycles. The van der Waals surface area contributed by atoms with Crippen LogP contribution in [0.3, 0.4) is 0 Å². The number of pyridine rings is 1. The minimum absolute atomic E-state index is 0.609. The molecule has 2 aliphatic rings. The molecular formula is C19H31N3. The van der Waals surface area contributed by atoms with E-state index in [4.69, 9.17) is 4.98 Å². The van der Waals surface area contributed by atoms with Crippen molar-refractivity contribution in [3.63, 3.8) is 0 Å². The minimum Gasteiger partial charge on any atom is -0.357 e. The van der Waals surface area contributed by atoms with E-state index in [9.17, 15) is 0 Å². The van der Waals surface area contributed by atoms with Gasteiger partial charge >= 0.3 is 0 Å². The van der Waals surface area contributed by atoms with Gasteiger partial charge in [0.15, 0.2) is 0 Å². The number of rotatable bonds is 5. The van der Waals surface area contributed by atoms with Gasteiger partial charge in [0.2, 0.25) is 0 Å². The van der Waals surface area contributed by atoms with Gasteiger partial charge in [0.1, 0.15) is 5.82 Å². The summed E-state index contributed by atoms with van der Waals surface area (Å²) in [6.45, 7) is 7.15. The maximum Gasteiger partial charge on any atom is 0.128 e. The topological polar surface area (TPSA) is 19.4 Å². The van der Waals surface area contributed by atoms with Crippen LogP contribution in [-0.4, -0.2) is 36.1 Å². The number of nitrogens with zero attached hydrogens (tertiary/aromatic N) is 3. The molecule has 2 fully saturated rings. The molecule has 3 rings (SSSR count). The van der Waals surface area contributed by atoms with Crippen molar-refractivity contribution in [2.75, 3.05) is 31.1 Å². The largest absolute Gasteiger partial charge is 0.357 e. The third kappa shape index (κ3) is 3.81. The summed E-state index contributed by atoms with van der Waals surface area (Å²) in [6.07, 6.45) is 12.8. The lowest BCUT2D eigenvalue weighted by molar-refractivity contribution is 0.253. The first-order valence-corrected chi connectivity index (χ1v) is 9.33. The fraction of sp³-hybridized carbons (Fsp3) is 0.737. The van der Waals surface area contributed by atoms with Gasteiger partial charge in [0, 0.05) is 25.3 Å². The lowest BCUT2D eigenvalue weighted by Gasteiger charge is -2.26. The summed E-state index contributed by atoms with van der Waals surface area (Å²) in [5, 5.41) is 0. The van der Waals surface area contributed by atoms with E-state index in [-0.39, 0.29) is 0 Å². The van der Waals surface area contributed by atoms with Gasteiger partial charge < -0.3 is 4.90 Å². The Kier molecular flexibility index (Phi) is 5.71. The van der Waals surface area contributed by atoms with Crippen LogP contribution in [0.4, 0.5) is 5.82 Å². The Morgan fingerprint density at radius 1 is 1.05 bits per heavy atom. The molecule has 1 atom stereocenters. The monoisotopic (exact) mass is 301 g/mol. The van der Waals surface area contributed by atoms with Crippen LogP contribution < -0.4 is 4.90 Å². The number of unbranched alkanes of at least 4 members (excludes halogenated alkanes) is 1. The quantitative estimate of drug-likeness (QED) is 0.803. The third-order valence-corrected chi connectivity index (χ3v) is 5.25. The molecule has 0 N–H and O–H groups in total. The molecule has 1 unspecified atom stereocenters. The maximum absolute atomic E-state index is 4.80. The Morgan fingerprint density at radius 2 is 1.86 bits per heavy atom. The molecule has 1 aromatic rings. The van der Waals surface area contributed by atoms with E-state index in [0.29, 0.717) is 6.04 Å². The van der Waals surface area contributed by atoms with Crippen LogP contribution in [0.5, 0.6) is 0 Å². The summed E-state index contributed by atoms with van der Waals surface area (Å²) >= 11 is 0. The molecule has 1 aromatic heterocycles. The van der Waals surface area contributed by atoms with E-state index in [1.807, 2.05) is 0 Å². The van der Waals surface area contributed by atoms with Crippen molar-refractivity contribution in [1.82, 2.24) is 9.88 Å². The Balaban J connectivity index is 1.65. The zero-order valence-corrected chi connectivity index (χ0v) is 14.1. The fourth-order valence-corrected chi connectivity index (χ4v) is 3.91. The summed E-state index contributed by atoms with van der Waals surface area (Å²) in [5.74, 6) is 1.18. The number of anilines is 1. The van der Waals surface area contributed by atoms with Gasteiger partial charge in [-0.15, -0.1) is 0 Å². The molecule has 122 valence electrons. The summed E-state index contributed by atoms with van der Waals surface area (Å²) in [6, 6.07) is 5.20. The number of likely N-dealkylation sites (tertiary alicyclic amines) is 1. The zero-order chi connectivity index (χ0) is 15.2. The van der Waals surface area contributed by atoms with Crippen molar-refractivity contribution < 1.29 is 0 Å². The van der Waals surface area contributed by atoms with Gasteiger partial charge in [-0.25, -0.2) is 4.98 Å². The first-order valence-electron chi connectivity index (χ1n) is 9.33. The summed E-state index contributed by atoms with van der Waals surface area (Å²) in [4.78, 5) is 9.93. The molecule has 0 aliphatic carbocycles. The van der Waals surface area contributed by atoms with E-state index in [1.165, 1.54) is 88.9 Å². The highest BCUT2D eigenvalue weighted by Gasteiger charge is 2.25. The van der Waals surface area contributed by atoms with Crippen LogP contribution in [0.1, 0.15) is 69.9 Å². The number of hydrogen-bond donors (Lipinski definition) is 0. The molecular weight excluding hydrogens is 270 g/mol. The summed E-state index contributed by atoms with van der Waals surface area (Å²) < 4.78 is 0.